The van der Waals surface area contributed by atoms with Crippen LogP contribution in [-0.2, 0) is 4.74 Å². The number of anilines is 6. The molecule has 0 spiro atoms. The molecule has 0 radical (unpaired) electrons. The molecule has 92 heavy (non-hydrogen) atoms. The summed E-state index contributed by atoms with van der Waals surface area (Å²) in [6.45, 7) is 5.74. The largest absolute Gasteiger partial charge is 0.515 e. The molecule has 15 rings (SSSR count). The van der Waals surface area contributed by atoms with E-state index in [0.717, 1.165) is 73.5 Å². The van der Waals surface area contributed by atoms with Crippen molar-refractivity contribution in [1.29, 1.82) is 0 Å². The summed E-state index contributed by atoms with van der Waals surface area (Å²) in [5.41, 5.74) is 16.1. The first kappa shape index (κ1) is 61.0. The number of nitrogens with one attached hydrogen (secondary N) is 4. The predicted octanol–water partition coefficient (Wildman–Crippen LogP) is 14.5. The monoisotopic (exact) mass is 1220 g/mol. The maximum Gasteiger partial charge on any atom is 0.340 e. The number of H-pyrrole nitrogens is 1. The molecule has 0 aliphatic rings. The predicted molar refractivity (Wildman–Crippen MR) is 366 cm³/mol. The molecule has 4 heterocycles. The smallest absolute Gasteiger partial charge is 0.340 e. The number of aliphatic hydroxyl groups is 1. The summed E-state index contributed by atoms with van der Waals surface area (Å²) in [5.74, 6) is -0.290. The van der Waals surface area contributed by atoms with Crippen molar-refractivity contribution in [2.75, 3.05) is 23.1 Å². The highest BCUT2D eigenvalue weighted by atomic mass is 16.5. The van der Waals surface area contributed by atoms with Gasteiger partial charge in [-0.2, -0.15) is 0 Å². The van der Waals surface area contributed by atoms with Crippen molar-refractivity contribution in [3.63, 3.8) is 0 Å². The first-order chi connectivity index (χ1) is 44.1. The molecule has 19 heteroatoms. The van der Waals surface area contributed by atoms with E-state index in [2.05, 4.69) is 60.6 Å². The zero-order chi connectivity index (χ0) is 63.3. The van der Waals surface area contributed by atoms with E-state index >= 15 is 0 Å². The number of aromatic amines is 1. The maximum absolute atomic E-state index is 12.2. The van der Waals surface area contributed by atoms with E-state index in [0.29, 0.717) is 43.9 Å². The number of carbonyl (C=O) groups is 1. The average molecular weight is 1220 g/mol. The van der Waals surface area contributed by atoms with E-state index < -0.39 is 11.4 Å². The Kier molecular flexibility index (Phi) is 17.5. The van der Waals surface area contributed by atoms with Crippen LogP contribution in [0, 0.1) is 20.8 Å². The molecule has 8 N–H and O–H groups in total. The summed E-state index contributed by atoms with van der Waals surface area (Å²) >= 11 is 0. The van der Waals surface area contributed by atoms with E-state index in [1.165, 1.54) is 36.4 Å². The van der Waals surface area contributed by atoms with Crippen molar-refractivity contribution < 1.29 is 30.0 Å². The number of phenolic OH excluding ortho intramolecular Hbond substituents is 3. The van der Waals surface area contributed by atoms with Gasteiger partial charge in [0.15, 0.2) is 0 Å². The number of hydrogen-bond acceptors (Lipinski definition) is 18. The van der Waals surface area contributed by atoms with Gasteiger partial charge in [-0.25, -0.2) is 39.7 Å². The van der Waals surface area contributed by atoms with Crippen LogP contribution in [0.25, 0.3) is 94.5 Å². The molecule has 0 saturated carbocycles. The van der Waals surface area contributed by atoms with Crippen molar-refractivity contribution in [3.05, 3.63) is 254 Å². The molecule has 0 aliphatic carbocycles. The second-order valence-corrected chi connectivity index (χ2v) is 21.2. The number of esters is 1. The zero-order valence-corrected chi connectivity index (χ0v) is 49.3. The highest BCUT2D eigenvalue weighted by Crippen LogP contribution is 2.33. The molecule has 0 amide bonds. The number of fused-ring (bicyclic) bond motifs is 8. The molecule has 0 atom stereocenters. The Balaban J connectivity index is 0.000000125. The third kappa shape index (κ3) is 13.1. The fourth-order valence-corrected chi connectivity index (χ4v) is 10.3. The molecule has 0 aliphatic heterocycles. The van der Waals surface area contributed by atoms with Crippen LogP contribution in [0.5, 0.6) is 17.2 Å². The summed E-state index contributed by atoms with van der Waals surface area (Å²) in [7, 11) is 1.22. The van der Waals surface area contributed by atoms with Gasteiger partial charge in [-0.05, 0) is 147 Å². The Morgan fingerprint density at radius 1 is 0.402 bits per heavy atom. The summed E-state index contributed by atoms with van der Waals surface area (Å²) in [6.07, 6.45) is 0.832. The molecule has 0 saturated heterocycles. The number of benzene rings is 11. The topological polar surface area (TPSA) is 283 Å². The lowest BCUT2D eigenvalue weighted by atomic mass is 10.1. The Labute approximate surface area is 524 Å². The molecule has 454 valence electrons. The lowest BCUT2D eigenvalue weighted by Crippen LogP contribution is -2.19. The Bertz CT molecular complexity index is 5350. The first-order valence-electron chi connectivity index (χ1n) is 28.6. The van der Waals surface area contributed by atoms with Crippen LogP contribution in [0.2, 0.25) is 0 Å². The van der Waals surface area contributed by atoms with Crippen LogP contribution < -0.4 is 32.0 Å². The SMILES string of the molecule is C.COC(=O)c1ccc(=O)c2nc3c(=CO)c(C)cc(=O)c3[nH]c12.Cc1cccc(Nc2cc(O)c3nc4ccccc4nc3c2)c1.Cc1cccc(Nc2cc(O)c3nc4ccccc4nc3c2)c1.Oc1cc(Nc2ccccc2)cc2nc3ccccc3nc12. The number of aromatic nitrogens is 8. The van der Waals surface area contributed by atoms with E-state index in [1.807, 2.05) is 184 Å². The number of ether oxygens (including phenoxy) is 1. The Morgan fingerprint density at radius 3 is 1.22 bits per heavy atom. The highest BCUT2D eigenvalue weighted by Gasteiger charge is 2.18. The van der Waals surface area contributed by atoms with Gasteiger partial charge in [0, 0.05) is 57.5 Å². The minimum absolute atomic E-state index is 0. The minimum atomic E-state index is -0.652. The molecule has 0 fully saturated rings. The first-order valence-corrected chi connectivity index (χ1v) is 28.6. The van der Waals surface area contributed by atoms with Crippen molar-refractivity contribution >= 4 is 135 Å². The van der Waals surface area contributed by atoms with Crippen molar-refractivity contribution in [2.45, 2.75) is 28.2 Å². The van der Waals surface area contributed by atoms with Crippen LogP contribution in [0.15, 0.2) is 216 Å². The van der Waals surface area contributed by atoms with Gasteiger partial charge in [0.2, 0.25) is 10.9 Å². The third-order valence-corrected chi connectivity index (χ3v) is 14.6. The lowest BCUT2D eigenvalue weighted by molar-refractivity contribution is 0.0602. The molecule has 15 aromatic rings. The van der Waals surface area contributed by atoms with Gasteiger partial charge in [0.25, 0.3) is 0 Å². The van der Waals surface area contributed by atoms with E-state index in [1.54, 1.807) is 25.1 Å². The molecule has 4 aromatic heterocycles. The van der Waals surface area contributed by atoms with E-state index in [-0.39, 0.29) is 57.7 Å². The molecular formula is C73H59N11O8. The normalized spacial score (nSPS) is 11.1. The molecule has 11 aromatic carbocycles. The fourth-order valence-electron chi connectivity index (χ4n) is 10.3. The summed E-state index contributed by atoms with van der Waals surface area (Å²) in [4.78, 5) is 70.4. The number of rotatable bonds is 7. The van der Waals surface area contributed by atoms with E-state index in [9.17, 15) is 34.8 Å². The quantitative estimate of drug-likeness (QED) is 0.0544. The Morgan fingerprint density at radius 2 is 0.804 bits per heavy atom. The molecule has 19 nitrogen and oxygen atoms in total. The number of phenols is 3. The third-order valence-electron chi connectivity index (χ3n) is 14.6. The van der Waals surface area contributed by atoms with Crippen molar-refractivity contribution in [2.24, 2.45) is 0 Å². The number of aryl methyl sites for hydroxylation is 3. The molecular weight excluding hydrogens is 1160 g/mol. The standard InChI is InChI=1S/2C19H15N3O.C18H13N3O.C16H12N2O5.CH4/c2*1-12-5-4-6-13(9-12)20-14-10-17-19(18(23)11-14)22-16-8-3-2-7-15(16)21-17;22-17-11-13(19-12-6-2-1-3-7-12)10-16-18(17)21-15-9-5-4-8-14(15)20-16;1-7-5-11(21)15-13(9(7)6-19)18-14-10(20)4-3-8(12(14)17-15)16(22)23-2;/h2*2-11,20,23H,1H3;1-11,19,22H;3-6,17,19H,1-2H3;1H4. The van der Waals surface area contributed by atoms with Crippen LogP contribution >= 0.6 is 0 Å². The number of carbonyl (C=O) groups excluding carboxylic acids is 1. The zero-order valence-electron chi connectivity index (χ0n) is 49.3. The van der Waals surface area contributed by atoms with Crippen molar-refractivity contribution in [3.8, 4) is 17.2 Å². The van der Waals surface area contributed by atoms with Gasteiger partial charge in [0.05, 0.1) is 74.1 Å². The van der Waals surface area contributed by atoms with Gasteiger partial charge in [-0.3, -0.25) is 9.59 Å². The number of aromatic hydroxyl groups is 3. The Hall–Kier alpha value is -12.6. The summed E-state index contributed by atoms with van der Waals surface area (Å²) in [5, 5.41) is 50.4. The van der Waals surface area contributed by atoms with Gasteiger partial charge >= 0.3 is 5.97 Å². The van der Waals surface area contributed by atoms with Crippen LogP contribution in [0.3, 0.4) is 0 Å². The molecule has 0 bridgehead atoms. The van der Waals surface area contributed by atoms with Gasteiger partial charge in [-0.1, -0.05) is 86.3 Å². The lowest BCUT2D eigenvalue weighted by Gasteiger charge is -2.10. The fraction of sp³-hybridized carbons (Fsp3) is 0.0685. The summed E-state index contributed by atoms with van der Waals surface area (Å²) in [6, 6.07) is 63.4. The van der Waals surface area contributed by atoms with Crippen LogP contribution in [0.1, 0.15) is 34.5 Å². The van der Waals surface area contributed by atoms with E-state index in [4.69, 9.17) is 0 Å². The van der Waals surface area contributed by atoms with Gasteiger partial charge in [0.1, 0.15) is 50.3 Å². The van der Waals surface area contributed by atoms with Crippen LogP contribution in [0.4, 0.5) is 34.1 Å². The number of nitrogens with zero attached hydrogens (tertiary/aromatic N) is 7. The van der Waals surface area contributed by atoms with Gasteiger partial charge < -0.3 is 46.1 Å². The second-order valence-electron chi connectivity index (χ2n) is 21.2. The maximum atomic E-state index is 12.2. The highest BCUT2D eigenvalue weighted by molar-refractivity contribution is 6.03. The average Bonchev–Trinajstić information content (AvgIpc) is 0.783. The number of methoxy groups -OCH3 is 1. The minimum Gasteiger partial charge on any atom is -0.515 e. The number of hydrogen-bond donors (Lipinski definition) is 8. The van der Waals surface area contributed by atoms with Crippen molar-refractivity contribution in [1.82, 2.24) is 39.9 Å². The summed E-state index contributed by atoms with van der Waals surface area (Å²) < 4.78 is 4.68. The van der Waals surface area contributed by atoms with Gasteiger partial charge in [-0.15, -0.1) is 0 Å². The number of para-hydroxylation sites is 7. The number of aliphatic hydroxyl groups excluding tert-OH is 1. The second kappa shape index (κ2) is 26.4. The molecule has 0 unspecified atom stereocenters. The van der Waals surface area contributed by atoms with Crippen LogP contribution in [-0.4, -0.2) is 73.4 Å².